The molecule has 0 spiro atoms. The van der Waals surface area contributed by atoms with E-state index in [0.717, 1.165) is 11.3 Å². The third kappa shape index (κ3) is 8.47. The highest BCUT2D eigenvalue weighted by molar-refractivity contribution is 5.80. The monoisotopic (exact) mass is 292 g/mol. The third-order valence-electron chi connectivity index (χ3n) is 2.78. The van der Waals surface area contributed by atoms with Crippen LogP contribution in [-0.2, 0) is 9.53 Å². The van der Waals surface area contributed by atoms with Crippen molar-refractivity contribution in [3.8, 4) is 0 Å². The standard InChI is InChI=1S/C16H24N2O3/c1-6-14(10-12(3)16(19)20)11-17-18-15(7-2)9-8-13(4)21-5/h6-9,11-12,18H,4,10H2,1-3,5H3,(H,19,20)/b9-8-,14-6+,15-7+,17-11-. The van der Waals surface area contributed by atoms with E-state index < -0.39 is 11.9 Å². The molecule has 1 atom stereocenters. The van der Waals surface area contributed by atoms with Crippen molar-refractivity contribution in [3.63, 3.8) is 0 Å². The van der Waals surface area contributed by atoms with Crippen molar-refractivity contribution >= 4 is 12.2 Å². The van der Waals surface area contributed by atoms with E-state index >= 15 is 0 Å². The molecule has 0 fully saturated rings. The first-order valence-electron chi connectivity index (χ1n) is 6.68. The number of nitrogens with one attached hydrogen (secondary N) is 1. The van der Waals surface area contributed by atoms with Crippen molar-refractivity contribution in [2.45, 2.75) is 27.2 Å². The van der Waals surface area contributed by atoms with Crippen molar-refractivity contribution in [1.29, 1.82) is 0 Å². The van der Waals surface area contributed by atoms with E-state index in [0.29, 0.717) is 12.2 Å². The second-order valence-electron chi connectivity index (χ2n) is 4.42. The zero-order valence-corrected chi connectivity index (χ0v) is 13.1. The molecule has 1 unspecified atom stereocenters. The van der Waals surface area contributed by atoms with Gasteiger partial charge in [0.2, 0.25) is 0 Å². The largest absolute Gasteiger partial charge is 0.497 e. The fraction of sp³-hybridized carbons (Fsp3) is 0.375. The number of hydrazone groups is 1. The Morgan fingerprint density at radius 2 is 2.05 bits per heavy atom. The lowest BCUT2D eigenvalue weighted by atomic mass is 10.0. The molecule has 21 heavy (non-hydrogen) atoms. The number of hydrogen-bond donors (Lipinski definition) is 2. The first kappa shape index (κ1) is 18.7. The SMILES string of the molecule is C=C(/C=C\C(=C/C)N/N=C\C(=C\C)CC(C)C(=O)O)OC. The minimum absolute atomic E-state index is 0.436. The fourth-order valence-electron chi connectivity index (χ4n) is 1.32. The number of rotatable bonds is 9. The van der Waals surface area contributed by atoms with Crippen LogP contribution in [0.3, 0.4) is 0 Å². The summed E-state index contributed by atoms with van der Waals surface area (Å²) in [6.07, 6.45) is 9.29. The van der Waals surface area contributed by atoms with E-state index in [1.54, 1.807) is 32.4 Å². The molecule has 5 heteroatoms. The molecule has 0 aromatic carbocycles. The second-order valence-corrected chi connectivity index (χ2v) is 4.42. The maximum absolute atomic E-state index is 10.8. The summed E-state index contributed by atoms with van der Waals surface area (Å²) in [4.78, 5) is 10.8. The molecule has 5 nitrogen and oxygen atoms in total. The molecule has 0 aromatic heterocycles. The van der Waals surface area contributed by atoms with Gasteiger partial charge in [0, 0.05) is 0 Å². The van der Waals surface area contributed by atoms with Gasteiger partial charge < -0.3 is 9.84 Å². The Kier molecular flexibility index (Phi) is 9.33. The average Bonchev–Trinajstić information content (AvgIpc) is 2.48. The van der Waals surface area contributed by atoms with E-state index in [-0.39, 0.29) is 0 Å². The van der Waals surface area contributed by atoms with E-state index in [2.05, 4.69) is 17.1 Å². The molecule has 0 amide bonds. The summed E-state index contributed by atoms with van der Waals surface area (Å²) >= 11 is 0. The quantitative estimate of drug-likeness (QED) is 0.296. The van der Waals surface area contributed by atoms with E-state index in [4.69, 9.17) is 9.84 Å². The molecule has 0 aliphatic rings. The summed E-state index contributed by atoms with van der Waals surface area (Å²) in [5, 5.41) is 13.0. The number of carboxylic acids is 1. The van der Waals surface area contributed by atoms with Crippen LogP contribution in [0.25, 0.3) is 0 Å². The van der Waals surface area contributed by atoms with Crippen LogP contribution in [0.4, 0.5) is 0 Å². The predicted molar refractivity (Wildman–Crippen MR) is 85.8 cm³/mol. The Balaban J connectivity index is 4.55. The zero-order valence-electron chi connectivity index (χ0n) is 13.1. The van der Waals surface area contributed by atoms with Gasteiger partial charge in [-0.1, -0.05) is 25.7 Å². The van der Waals surface area contributed by atoms with Crippen molar-refractivity contribution < 1.29 is 14.6 Å². The number of ether oxygens (including phenoxy) is 1. The molecule has 0 aliphatic heterocycles. The second kappa shape index (κ2) is 10.5. The van der Waals surface area contributed by atoms with Gasteiger partial charge in [-0.15, -0.1) is 0 Å². The van der Waals surface area contributed by atoms with Crippen LogP contribution < -0.4 is 5.43 Å². The molecule has 0 aromatic rings. The number of nitrogens with zero attached hydrogens (tertiary/aromatic N) is 1. The van der Waals surface area contributed by atoms with E-state index in [9.17, 15) is 4.79 Å². The molecule has 0 radical (unpaired) electrons. The average molecular weight is 292 g/mol. The van der Waals surface area contributed by atoms with Gasteiger partial charge in [0.25, 0.3) is 0 Å². The Labute approximate surface area is 126 Å². The Bertz CT molecular complexity index is 474. The van der Waals surface area contributed by atoms with E-state index in [1.807, 2.05) is 26.0 Å². The van der Waals surface area contributed by atoms with Gasteiger partial charge in [0.15, 0.2) is 0 Å². The predicted octanol–water partition coefficient (Wildman–Crippen LogP) is 3.24. The van der Waals surface area contributed by atoms with Gasteiger partial charge in [-0.3, -0.25) is 10.2 Å². The molecular weight excluding hydrogens is 268 g/mol. The molecule has 116 valence electrons. The summed E-state index contributed by atoms with van der Waals surface area (Å²) < 4.78 is 4.93. The number of carboxylic acid groups (broad SMARTS) is 1. The van der Waals surface area contributed by atoms with Crippen molar-refractivity contribution in [2.75, 3.05) is 7.11 Å². The Morgan fingerprint density at radius 1 is 1.38 bits per heavy atom. The number of hydrogen-bond acceptors (Lipinski definition) is 4. The smallest absolute Gasteiger partial charge is 0.306 e. The third-order valence-corrected chi connectivity index (χ3v) is 2.78. The van der Waals surface area contributed by atoms with Gasteiger partial charge >= 0.3 is 5.97 Å². The lowest BCUT2D eigenvalue weighted by Gasteiger charge is -2.06. The molecule has 2 N–H and O–H groups in total. The highest BCUT2D eigenvalue weighted by Crippen LogP contribution is 2.09. The minimum atomic E-state index is -0.814. The molecular formula is C16H24N2O3. The normalized spacial score (nSPS) is 14.5. The number of aliphatic carboxylic acids is 1. The van der Waals surface area contributed by atoms with Gasteiger partial charge in [-0.25, -0.2) is 0 Å². The van der Waals surface area contributed by atoms with Crippen LogP contribution in [0.1, 0.15) is 27.2 Å². The van der Waals surface area contributed by atoms with Gasteiger partial charge in [0.05, 0.1) is 24.9 Å². The van der Waals surface area contributed by atoms with Gasteiger partial charge in [0.1, 0.15) is 5.76 Å². The first-order valence-corrected chi connectivity index (χ1v) is 6.68. The van der Waals surface area contributed by atoms with Crippen LogP contribution in [0, 0.1) is 5.92 Å². The maximum Gasteiger partial charge on any atom is 0.306 e. The number of allylic oxidation sites excluding steroid dienone is 5. The minimum Gasteiger partial charge on any atom is -0.497 e. The fourth-order valence-corrected chi connectivity index (χ4v) is 1.32. The number of carbonyl (C=O) groups is 1. The van der Waals surface area contributed by atoms with Crippen LogP contribution in [-0.4, -0.2) is 24.4 Å². The van der Waals surface area contributed by atoms with Crippen molar-refractivity contribution in [3.05, 3.63) is 47.9 Å². The summed E-state index contributed by atoms with van der Waals surface area (Å²) in [6, 6.07) is 0. The van der Waals surface area contributed by atoms with Crippen LogP contribution in [0.15, 0.2) is 53.0 Å². The zero-order chi connectivity index (χ0) is 16.3. The van der Waals surface area contributed by atoms with Crippen molar-refractivity contribution in [1.82, 2.24) is 5.43 Å². The molecule has 0 bridgehead atoms. The molecule has 0 saturated carbocycles. The first-order chi connectivity index (χ1) is 9.94. The van der Waals surface area contributed by atoms with Crippen LogP contribution >= 0.6 is 0 Å². The maximum atomic E-state index is 10.8. The van der Waals surface area contributed by atoms with Crippen molar-refractivity contribution in [2.24, 2.45) is 11.0 Å². The summed E-state index contributed by atoms with van der Waals surface area (Å²) in [5.74, 6) is -0.704. The number of methoxy groups -OCH3 is 1. The molecule has 0 rings (SSSR count). The summed E-state index contributed by atoms with van der Waals surface area (Å²) in [5.41, 5.74) is 4.52. The lowest BCUT2D eigenvalue weighted by molar-refractivity contribution is -0.141. The van der Waals surface area contributed by atoms with Gasteiger partial charge in [-0.2, -0.15) is 5.10 Å². The Hall–Kier alpha value is -2.30. The lowest BCUT2D eigenvalue weighted by Crippen LogP contribution is -2.11. The molecule has 0 heterocycles. The van der Waals surface area contributed by atoms with Gasteiger partial charge in [-0.05, 0) is 38.0 Å². The summed E-state index contributed by atoms with van der Waals surface area (Å²) in [7, 11) is 1.55. The highest BCUT2D eigenvalue weighted by Gasteiger charge is 2.11. The van der Waals surface area contributed by atoms with Crippen LogP contribution in [0.2, 0.25) is 0 Å². The van der Waals surface area contributed by atoms with E-state index in [1.165, 1.54) is 0 Å². The molecule has 0 saturated heterocycles. The summed E-state index contributed by atoms with van der Waals surface area (Å²) in [6.45, 7) is 9.09. The topological polar surface area (TPSA) is 70.9 Å². The Morgan fingerprint density at radius 3 is 2.52 bits per heavy atom. The molecule has 0 aliphatic carbocycles. The van der Waals surface area contributed by atoms with Crippen LogP contribution in [0.5, 0.6) is 0 Å². The highest BCUT2D eigenvalue weighted by atomic mass is 16.5.